The van der Waals surface area contributed by atoms with Crippen LogP contribution >= 0.6 is 0 Å². The number of aliphatic hydroxyl groups excluding tert-OH is 1. The largest absolute Gasteiger partial charge is 0.479 e. The summed E-state index contributed by atoms with van der Waals surface area (Å²) in [6, 6.07) is 5.65. The summed E-state index contributed by atoms with van der Waals surface area (Å²) in [6.07, 6.45) is 4.31. The van der Waals surface area contributed by atoms with Gasteiger partial charge in [-0.15, -0.1) is 0 Å². The Morgan fingerprint density at radius 3 is 2.79 bits per heavy atom. The fraction of sp³-hybridized carbons (Fsp3) is 0.600. The molecule has 128 valence electrons. The average molecular weight is 328 g/mol. The van der Waals surface area contributed by atoms with E-state index in [0.717, 1.165) is 38.5 Å². The molecule has 1 unspecified atom stereocenters. The molecule has 0 heterocycles. The Bertz CT molecular complexity index is 710. The molecule has 4 nitrogen and oxygen atoms in total. The van der Waals surface area contributed by atoms with Crippen LogP contribution < -0.4 is 0 Å². The molecule has 4 heteroatoms. The Kier molecular flexibility index (Phi) is 3.57. The maximum absolute atomic E-state index is 12.4. The van der Waals surface area contributed by atoms with E-state index in [9.17, 15) is 14.7 Å². The molecule has 0 bridgehead atoms. The van der Waals surface area contributed by atoms with Crippen LogP contribution in [-0.2, 0) is 16.0 Å². The number of ketones is 1. The summed E-state index contributed by atoms with van der Waals surface area (Å²) in [6.45, 7) is 2.17. The summed E-state index contributed by atoms with van der Waals surface area (Å²) in [7, 11) is 0. The highest BCUT2D eigenvalue weighted by Crippen LogP contribution is 2.59. The highest BCUT2D eigenvalue weighted by molar-refractivity contribution is 5.87. The van der Waals surface area contributed by atoms with Crippen LogP contribution in [-0.4, -0.2) is 22.0 Å². The fourth-order valence-corrected chi connectivity index (χ4v) is 5.69. The maximum Gasteiger partial charge on any atom is 0.337 e. The zero-order valence-corrected chi connectivity index (χ0v) is 14.0. The number of carboxylic acid groups (broad SMARTS) is 1. The molecular weight excluding hydrogens is 304 g/mol. The van der Waals surface area contributed by atoms with E-state index in [1.54, 1.807) is 6.07 Å². The van der Waals surface area contributed by atoms with Crippen molar-refractivity contribution >= 4 is 11.8 Å². The molecule has 3 aliphatic rings. The zero-order valence-electron chi connectivity index (χ0n) is 14.0. The molecule has 0 aliphatic heterocycles. The third kappa shape index (κ3) is 2.16. The molecule has 24 heavy (non-hydrogen) atoms. The Hall–Kier alpha value is -1.68. The van der Waals surface area contributed by atoms with Gasteiger partial charge in [0, 0.05) is 11.8 Å². The van der Waals surface area contributed by atoms with E-state index >= 15 is 0 Å². The summed E-state index contributed by atoms with van der Waals surface area (Å²) < 4.78 is 0. The first-order valence-corrected chi connectivity index (χ1v) is 8.98. The quantitative estimate of drug-likeness (QED) is 0.874. The summed E-state index contributed by atoms with van der Waals surface area (Å²) in [5, 5.41) is 18.8. The lowest BCUT2D eigenvalue weighted by Gasteiger charge is -2.48. The lowest BCUT2D eigenvalue weighted by molar-refractivity contribution is -0.147. The van der Waals surface area contributed by atoms with Gasteiger partial charge >= 0.3 is 5.97 Å². The van der Waals surface area contributed by atoms with E-state index in [4.69, 9.17) is 5.11 Å². The highest BCUT2D eigenvalue weighted by atomic mass is 16.4. The van der Waals surface area contributed by atoms with E-state index in [0.29, 0.717) is 29.1 Å². The third-order valence-corrected chi connectivity index (χ3v) is 7.01. The molecule has 1 aromatic rings. The molecule has 2 fully saturated rings. The highest BCUT2D eigenvalue weighted by Gasteiger charge is 2.54. The molecule has 2 N–H and O–H groups in total. The number of carbonyl (C=O) groups is 2. The minimum atomic E-state index is -1.45. The second-order valence-corrected chi connectivity index (χ2v) is 8.03. The molecule has 3 aliphatic carbocycles. The van der Waals surface area contributed by atoms with E-state index < -0.39 is 12.1 Å². The number of carbonyl (C=O) groups excluding carboxylic acids is 1. The van der Waals surface area contributed by atoms with Crippen LogP contribution in [0.2, 0.25) is 0 Å². The molecule has 0 amide bonds. The molecule has 2 saturated carbocycles. The number of aryl methyl sites for hydroxylation is 1. The molecular formula is C20H24O4. The van der Waals surface area contributed by atoms with Gasteiger partial charge in [0.15, 0.2) is 6.10 Å². The Balaban J connectivity index is 1.66. The first-order valence-electron chi connectivity index (χ1n) is 8.98. The summed E-state index contributed by atoms with van der Waals surface area (Å²) in [4.78, 5) is 23.4. The SMILES string of the molecule is C[C@]12CC[C@@H]3c4ccc(C(O)C(=O)O)cc4CC[C@H]3[C@@H]1CCC2=O. The van der Waals surface area contributed by atoms with Gasteiger partial charge in [0.1, 0.15) is 5.78 Å². The predicted octanol–water partition coefficient (Wildman–Crippen LogP) is 3.23. The summed E-state index contributed by atoms with van der Waals surface area (Å²) in [5.74, 6) is 0.797. The standard InChI is InChI=1S/C20H24O4/c1-20-9-8-14-13-4-3-12(18(22)19(23)24)10-11(13)2-5-15(14)16(20)6-7-17(20)21/h3-4,10,14-16,18,22H,2,5-9H2,1H3,(H,23,24)/t14-,15-,16+,18?,20+/m1/s1. The van der Waals surface area contributed by atoms with Crippen molar-refractivity contribution in [2.75, 3.05) is 0 Å². The minimum Gasteiger partial charge on any atom is -0.479 e. The third-order valence-electron chi connectivity index (χ3n) is 7.01. The first-order chi connectivity index (χ1) is 11.4. The molecule has 5 atom stereocenters. The van der Waals surface area contributed by atoms with Gasteiger partial charge < -0.3 is 10.2 Å². The van der Waals surface area contributed by atoms with Crippen molar-refractivity contribution < 1.29 is 19.8 Å². The topological polar surface area (TPSA) is 74.6 Å². The van der Waals surface area contributed by atoms with Crippen molar-refractivity contribution in [2.45, 2.75) is 57.5 Å². The predicted molar refractivity (Wildman–Crippen MR) is 88.7 cm³/mol. The van der Waals surface area contributed by atoms with Crippen molar-refractivity contribution in [3.63, 3.8) is 0 Å². The number of aliphatic hydroxyl groups is 1. The molecule has 0 saturated heterocycles. The zero-order chi connectivity index (χ0) is 17.1. The molecule has 0 spiro atoms. The number of Topliss-reactive ketones (excluding diaryl/α,β-unsaturated/α-hetero) is 1. The normalized spacial score (nSPS) is 35.8. The lowest BCUT2D eigenvalue weighted by atomic mass is 9.55. The summed E-state index contributed by atoms with van der Waals surface area (Å²) in [5.41, 5.74) is 2.85. The van der Waals surface area contributed by atoms with Gasteiger partial charge in [-0.3, -0.25) is 4.79 Å². The Labute approximate surface area is 141 Å². The number of rotatable bonds is 2. The van der Waals surface area contributed by atoms with Crippen LogP contribution in [0.1, 0.15) is 67.7 Å². The second kappa shape index (κ2) is 5.41. The first kappa shape index (κ1) is 15.8. The number of benzene rings is 1. The van der Waals surface area contributed by atoms with Crippen molar-refractivity contribution in [3.8, 4) is 0 Å². The number of hydrogen-bond acceptors (Lipinski definition) is 3. The van der Waals surface area contributed by atoms with Crippen LogP contribution in [0.15, 0.2) is 18.2 Å². The van der Waals surface area contributed by atoms with Crippen LogP contribution in [0, 0.1) is 17.3 Å². The van der Waals surface area contributed by atoms with Crippen LogP contribution in [0.4, 0.5) is 0 Å². The number of hydrogen-bond donors (Lipinski definition) is 2. The lowest BCUT2D eigenvalue weighted by Crippen LogP contribution is -2.42. The fourth-order valence-electron chi connectivity index (χ4n) is 5.69. The molecule has 1 aromatic carbocycles. The van der Waals surface area contributed by atoms with Gasteiger partial charge in [-0.25, -0.2) is 4.79 Å². The van der Waals surface area contributed by atoms with E-state index in [1.165, 1.54) is 11.1 Å². The summed E-state index contributed by atoms with van der Waals surface area (Å²) >= 11 is 0. The van der Waals surface area contributed by atoms with Gasteiger partial charge in [0.05, 0.1) is 0 Å². The molecule has 4 rings (SSSR count). The van der Waals surface area contributed by atoms with Gasteiger partial charge in [0.2, 0.25) is 0 Å². The van der Waals surface area contributed by atoms with E-state index in [-0.39, 0.29) is 5.41 Å². The van der Waals surface area contributed by atoms with Crippen molar-refractivity contribution in [2.24, 2.45) is 17.3 Å². The van der Waals surface area contributed by atoms with Crippen molar-refractivity contribution in [1.82, 2.24) is 0 Å². The van der Waals surface area contributed by atoms with E-state index in [1.807, 2.05) is 12.1 Å². The van der Waals surface area contributed by atoms with Crippen molar-refractivity contribution in [1.29, 1.82) is 0 Å². The maximum atomic E-state index is 12.4. The van der Waals surface area contributed by atoms with Crippen LogP contribution in [0.5, 0.6) is 0 Å². The Morgan fingerprint density at radius 2 is 2.04 bits per heavy atom. The van der Waals surface area contributed by atoms with E-state index in [2.05, 4.69) is 6.92 Å². The van der Waals surface area contributed by atoms with Gasteiger partial charge in [-0.2, -0.15) is 0 Å². The van der Waals surface area contributed by atoms with Gasteiger partial charge in [-0.1, -0.05) is 25.1 Å². The Morgan fingerprint density at radius 1 is 1.25 bits per heavy atom. The number of carboxylic acids is 1. The molecule has 0 aromatic heterocycles. The number of fused-ring (bicyclic) bond motifs is 5. The average Bonchev–Trinajstić information content (AvgIpc) is 2.88. The monoisotopic (exact) mass is 328 g/mol. The van der Waals surface area contributed by atoms with Crippen LogP contribution in [0.3, 0.4) is 0 Å². The van der Waals surface area contributed by atoms with Crippen LogP contribution in [0.25, 0.3) is 0 Å². The van der Waals surface area contributed by atoms with Gasteiger partial charge in [0.25, 0.3) is 0 Å². The smallest absolute Gasteiger partial charge is 0.337 e. The number of aliphatic carboxylic acids is 1. The molecule has 0 radical (unpaired) electrons. The van der Waals surface area contributed by atoms with Gasteiger partial charge in [-0.05, 0) is 66.5 Å². The second-order valence-electron chi connectivity index (χ2n) is 8.03. The van der Waals surface area contributed by atoms with Crippen molar-refractivity contribution in [3.05, 3.63) is 34.9 Å². The minimum absolute atomic E-state index is 0.113.